The Morgan fingerprint density at radius 1 is 1.21 bits per heavy atom. The van der Waals surface area contributed by atoms with Crippen LogP contribution in [0.1, 0.15) is 18.9 Å². The Labute approximate surface area is 166 Å². The van der Waals surface area contributed by atoms with Gasteiger partial charge in [0.2, 0.25) is 5.91 Å². The monoisotopic (exact) mass is 392 g/mol. The summed E-state index contributed by atoms with van der Waals surface area (Å²) >= 11 is 0. The molecule has 0 spiro atoms. The third kappa shape index (κ3) is 3.71. The minimum absolute atomic E-state index is 0.138. The topological polar surface area (TPSA) is 88.8 Å². The van der Waals surface area contributed by atoms with Gasteiger partial charge in [-0.2, -0.15) is 0 Å². The minimum Gasteiger partial charge on any atom is -0.484 e. The van der Waals surface area contributed by atoms with E-state index in [-0.39, 0.29) is 30.9 Å². The first-order valence-electron chi connectivity index (χ1n) is 9.30. The molecular formula is C22H20N2O5. The molecule has 29 heavy (non-hydrogen) atoms. The average Bonchev–Trinajstić information content (AvgIpc) is 2.79. The molecule has 1 atom stereocenters. The van der Waals surface area contributed by atoms with Gasteiger partial charge >= 0.3 is 5.63 Å². The smallest absolute Gasteiger partial charge is 0.336 e. The van der Waals surface area contributed by atoms with Crippen LogP contribution in [0.2, 0.25) is 0 Å². The lowest BCUT2D eigenvalue weighted by Gasteiger charge is -2.27. The summed E-state index contributed by atoms with van der Waals surface area (Å²) in [5.74, 6) is 0.0119. The van der Waals surface area contributed by atoms with Crippen LogP contribution < -0.4 is 20.6 Å². The predicted molar refractivity (Wildman–Crippen MR) is 109 cm³/mol. The van der Waals surface area contributed by atoms with E-state index in [0.29, 0.717) is 22.7 Å². The van der Waals surface area contributed by atoms with Crippen LogP contribution in [0.15, 0.2) is 57.7 Å². The first kappa shape index (κ1) is 18.7. The fourth-order valence-corrected chi connectivity index (χ4v) is 3.58. The molecule has 0 radical (unpaired) electrons. The molecule has 0 saturated carbocycles. The van der Waals surface area contributed by atoms with Crippen LogP contribution in [0.5, 0.6) is 5.75 Å². The number of aryl methyl sites for hydroxylation is 1. The molecular weight excluding hydrogens is 372 g/mol. The maximum absolute atomic E-state index is 13.0. The second kappa shape index (κ2) is 7.43. The first-order chi connectivity index (χ1) is 13.9. The number of para-hydroxylation sites is 2. The predicted octanol–water partition coefficient (Wildman–Crippen LogP) is 3.24. The zero-order valence-corrected chi connectivity index (χ0v) is 16.1. The highest BCUT2D eigenvalue weighted by molar-refractivity contribution is 6.04. The van der Waals surface area contributed by atoms with Crippen LogP contribution in [0, 0.1) is 6.92 Å². The van der Waals surface area contributed by atoms with Crippen molar-refractivity contribution >= 4 is 34.2 Å². The van der Waals surface area contributed by atoms with Gasteiger partial charge in [0.1, 0.15) is 11.3 Å². The zero-order valence-electron chi connectivity index (χ0n) is 16.1. The number of amides is 2. The summed E-state index contributed by atoms with van der Waals surface area (Å²) in [5, 5.41) is 3.63. The number of carbonyl (C=O) groups excluding carboxylic acids is 2. The summed E-state index contributed by atoms with van der Waals surface area (Å²) in [5.41, 5.74) is 2.02. The van der Waals surface area contributed by atoms with Gasteiger partial charge in [0, 0.05) is 30.0 Å². The van der Waals surface area contributed by atoms with Crippen molar-refractivity contribution in [2.75, 3.05) is 16.8 Å². The van der Waals surface area contributed by atoms with E-state index in [1.54, 1.807) is 41.3 Å². The molecule has 0 saturated heterocycles. The number of benzene rings is 2. The Balaban J connectivity index is 1.57. The molecule has 1 aliphatic rings. The zero-order chi connectivity index (χ0) is 20.5. The summed E-state index contributed by atoms with van der Waals surface area (Å²) in [7, 11) is 0. The average molecular weight is 392 g/mol. The molecule has 0 bridgehead atoms. The fourth-order valence-electron chi connectivity index (χ4n) is 3.58. The molecule has 2 aromatic carbocycles. The molecule has 2 amide bonds. The van der Waals surface area contributed by atoms with Crippen molar-refractivity contribution in [1.82, 2.24) is 0 Å². The number of hydrogen-bond donors (Lipinski definition) is 1. The van der Waals surface area contributed by atoms with Crippen LogP contribution in [0.3, 0.4) is 0 Å². The molecule has 0 fully saturated rings. The normalized spacial score (nSPS) is 16.1. The molecule has 3 aromatic rings. The van der Waals surface area contributed by atoms with E-state index in [1.165, 1.54) is 6.07 Å². The molecule has 4 rings (SSSR count). The minimum atomic E-state index is -0.435. The number of hydrogen-bond acceptors (Lipinski definition) is 5. The Morgan fingerprint density at radius 3 is 2.83 bits per heavy atom. The second-order valence-electron chi connectivity index (χ2n) is 7.08. The van der Waals surface area contributed by atoms with E-state index in [1.807, 2.05) is 19.9 Å². The van der Waals surface area contributed by atoms with Crippen LogP contribution in [0.25, 0.3) is 11.0 Å². The summed E-state index contributed by atoms with van der Waals surface area (Å²) in [6.45, 7) is 3.44. The third-order valence-electron chi connectivity index (χ3n) is 4.91. The lowest BCUT2D eigenvalue weighted by Crippen LogP contribution is -2.41. The molecule has 1 N–H and O–H groups in total. The van der Waals surface area contributed by atoms with Crippen LogP contribution >= 0.6 is 0 Å². The molecule has 2 heterocycles. The highest BCUT2D eigenvalue weighted by Gasteiger charge is 2.29. The number of ether oxygens (including phenoxy) is 1. The van der Waals surface area contributed by atoms with Crippen LogP contribution in [-0.4, -0.2) is 24.5 Å². The van der Waals surface area contributed by atoms with E-state index >= 15 is 0 Å². The molecule has 0 aliphatic carbocycles. The maximum atomic E-state index is 13.0. The number of anilines is 2. The lowest BCUT2D eigenvalue weighted by atomic mass is 10.1. The largest absolute Gasteiger partial charge is 0.484 e. The van der Waals surface area contributed by atoms with E-state index in [0.717, 1.165) is 10.9 Å². The van der Waals surface area contributed by atoms with Gasteiger partial charge in [-0.1, -0.05) is 12.1 Å². The summed E-state index contributed by atoms with van der Waals surface area (Å²) in [6.07, 6.45) is 0.195. The highest BCUT2D eigenvalue weighted by Crippen LogP contribution is 2.31. The van der Waals surface area contributed by atoms with Crippen molar-refractivity contribution in [3.8, 4) is 5.75 Å². The Kier molecular flexibility index (Phi) is 4.80. The third-order valence-corrected chi connectivity index (χ3v) is 4.91. The van der Waals surface area contributed by atoms with Crippen molar-refractivity contribution < 1.29 is 18.7 Å². The van der Waals surface area contributed by atoms with Gasteiger partial charge in [-0.15, -0.1) is 0 Å². The summed E-state index contributed by atoms with van der Waals surface area (Å²) in [6, 6.07) is 13.4. The van der Waals surface area contributed by atoms with Gasteiger partial charge in [0.15, 0.2) is 6.61 Å². The number of rotatable bonds is 3. The van der Waals surface area contributed by atoms with Crippen molar-refractivity contribution in [3.63, 3.8) is 0 Å². The molecule has 7 heteroatoms. The number of nitrogens with one attached hydrogen (secondary N) is 1. The Morgan fingerprint density at radius 2 is 2.00 bits per heavy atom. The van der Waals surface area contributed by atoms with Crippen molar-refractivity contribution in [2.45, 2.75) is 26.3 Å². The van der Waals surface area contributed by atoms with Crippen LogP contribution in [-0.2, 0) is 9.59 Å². The number of carbonyl (C=O) groups is 2. The van der Waals surface area contributed by atoms with E-state index < -0.39 is 5.63 Å². The lowest BCUT2D eigenvalue weighted by molar-refractivity contribution is -0.121. The fraction of sp³-hybridized carbons (Fsp3) is 0.227. The number of nitrogens with zero attached hydrogens (tertiary/aromatic N) is 1. The molecule has 1 aliphatic heterocycles. The van der Waals surface area contributed by atoms with E-state index in [4.69, 9.17) is 9.15 Å². The quantitative estimate of drug-likeness (QED) is 0.691. The molecule has 0 unspecified atom stereocenters. The van der Waals surface area contributed by atoms with E-state index in [9.17, 15) is 14.4 Å². The van der Waals surface area contributed by atoms with Gasteiger partial charge in [-0.05, 0) is 43.7 Å². The number of fused-ring (bicyclic) bond motifs is 2. The molecule has 1 aromatic heterocycles. The molecule has 148 valence electrons. The van der Waals surface area contributed by atoms with Gasteiger partial charge in [-0.3, -0.25) is 9.59 Å². The second-order valence-corrected chi connectivity index (χ2v) is 7.08. The van der Waals surface area contributed by atoms with E-state index in [2.05, 4.69) is 5.32 Å². The van der Waals surface area contributed by atoms with Crippen molar-refractivity contribution in [1.29, 1.82) is 0 Å². The van der Waals surface area contributed by atoms with Crippen LogP contribution in [0.4, 0.5) is 11.4 Å². The summed E-state index contributed by atoms with van der Waals surface area (Å²) in [4.78, 5) is 38.2. The highest BCUT2D eigenvalue weighted by atomic mass is 16.5. The Bertz CT molecular complexity index is 1170. The van der Waals surface area contributed by atoms with Crippen molar-refractivity contribution in [3.05, 3.63) is 64.5 Å². The Hall–Kier alpha value is -3.61. The van der Waals surface area contributed by atoms with Crippen molar-refractivity contribution in [2.24, 2.45) is 0 Å². The van der Waals surface area contributed by atoms with Gasteiger partial charge < -0.3 is 19.4 Å². The SMILES string of the molecule is Cc1cc(=O)oc2cc(OCC(=O)N3c4ccccc4NC(=O)C[C@@H]3C)ccc12. The van der Waals surface area contributed by atoms with Gasteiger partial charge in [0.05, 0.1) is 11.4 Å². The summed E-state index contributed by atoms with van der Waals surface area (Å²) < 4.78 is 10.9. The molecule has 7 nitrogen and oxygen atoms in total. The van der Waals surface area contributed by atoms with Gasteiger partial charge in [-0.25, -0.2) is 4.79 Å². The van der Waals surface area contributed by atoms with Gasteiger partial charge in [0.25, 0.3) is 5.91 Å². The maximum Gasteiger partial charge on any atom is 0.336 e. The standard InChI is InChI=1S/C22H20N2O5/c1-13-9-22(27)29-19-11-15(7-8-16(13)19)28-12-21(26)24-14(2)10-20(25)23-17-5-3-4-6-18(17)24/h3-9,11,14H,10,12H2,1-2H3,(H,23,25)/t14-/m0/s1. The first-order valence-corrected chi connectivity index (χ1v) is 9.30.